The van der Waals surface area contributed by atoms with E-state index >= 15 is 0 Å². The number of carbonyl (C=O) groups is 2. The van der Waals surface area contributed by atoms with Crippen molar-refractivity contribution in [3.05, 3.63) is 93.5 Å². The molecule has 0 saturated carbocycles. The Hall–Kier alpha value is -3.07. The monoisotopic (exact) mass is 575 g/mol. The van der Waals surface area contributed by atoms with Gasteiger partial charge >= 0.3 is 0 Å². The van der Waals surface area contributed by atoms with E-state index < -0.39 is 28.5 Å². The molecule has 0 unspecified atom stereocenters. The van der Waals surface area contributed by atoms with Crippen molar-refractivity contribution < 1.29 is 18.0 Å². The number of anilines is 1. The van der Waals surface area contributed by atoms with Crippen molar-refractivity contribution in [3.63, 3.8) is 0 Å². The molecular formula is C28H31Cl2N3O4S. The molecule has 3 aromatic rings. The Morgan fingerprint density at radius 1 is 0.974 bits per heavy atom. The zero-order valence-corrected chi connectivity index (χ0v) is 24.1. The first-order chi connectivity index (χ1) is 18.0. The van der Waals surface area contributed by atoms with Crippen molar-refractivity contribution in [2.24, 2.45) is 0 Å². The van der Waals surface area contributed by atoms with E-state index in [0.29, 0.717) is 33.3 Å². The van der Waals surface area contributed by atoms with E-state index in [2.05, 4.69) is 5.32 Å². The lowest BCUT2D eigenvalue weighted by Crippen LogP contribution is -2.51. The predicted molar refractivity (Wildman–Crippen MR) is 152 cm³/mol. The topological polar surface area (TPSA) is 86.8 Å². The molecule has 0 aliphatic carbocycles. The quantitative estimate of drug-likeness (QED) is 0.352. The normalized spacial score (nSPS) is 12.1. The number of hydrogen-bond donors (Lipinski definition) is 1. The standard InChI is InChI=1S/C28H31Cl2N3O4S/c1-5-25(28(35)31-4)32(17-21-12-13-22(29)16-24(21)30)27(34)18-33(26-14-11-19(2)15-20(26)3)38(36,37)23-9-7-6-8-10-23/h6-16,25H,5,17-18H2,1-4H3,(H,31,35)/t25-/m1/s1. The molecule has 3 rings (SSSR count). The first-order valence-electron chi connectivity index (χ1n) is 12.1. The van der Waals surface area contributed by atoms with E-state index in [-0.39, 0.29) is 17.3 Å². The number of aryl methyl sites for hydroxylation is 2. The molecule has 0 radical (unpaired) electrons. The Kier molecular flexibility index (Phi) is 9.82. The molecular weight excluding hydrogens is 545 g/mol. The average molecular weight is 577 g/mol. The highest BCUT2D eigenvalue weighted by atomic mass is 35.5. The second kappa shape index (κ2) is 12.7. The lowest BCUT2D eigenvalue weighted by atomic mass is 10.1. The van der Waals surface area contributed by atoms with Gasteiger partial charge in [0, 0.05) is 23.6 Å². The van der Waals surface area contributed by atoms with E-state index in [1.54, 1.807) is 62.4 Å². The number of halogens is 2. The van der Waals surface area contributed by atoms with Gasteiger partial charge in [0.2, 0.25) is 11.8 Å². The Labute approximate surface area is 234 Å². The summed E-state index contributed by atoms with van der Waals surface area (Å²) in [4.78, 5) is 28.2. The first-order valence-corrected chi connectivity index (χ1v) is 14.3. The van der Waals surface area contributed by atoms with Crippen LogP contribution in [0, 0.1) is 13.8 Å². The molecule has 0 aliphatic heterocycles. The van der Waals surface area contributed by atoms with Crippen LogP contribution in [0.4, 0.5) is 5.69 Å². The van der Waals surface area contributed by atoms with E-state index in [1.165, 1.54) is 24.1 Å². The van der Waals surface area contributed by atoms with Gasteiger partial charge in [0.15, 0.2) is 0 Å². The highest BCUT2D eigenvalue weighted by Crippen LogP contribution is 2.29. The first kappa shape index (κ1) is 29.5. The van der Waals surface area contributed by atoms with Crippen LogP contribution in [0.15, 0.2) is 71.6 Å². The van der Waals surface area contributed by atoms with Gasteiger partial charge in [0.05, 0.1) is 10.6 Å². The van der Waals surface area contributed by atoms with Gasteiger partial charge < -0.3 is 10.2 Å². The van der Waals surface area contributed by atoms with Gasteiger partial charge in [-0.3, -0.25) is 13.9 Å². The van der Waals surface area contributed by atoms with Crippen LogP contribution in [0.5, 0.6) is 0 Å². The third kappa shape index (κ3) is 6.67. The maximum atomic E-state index is 14.0. The van der Waals surface area contributed by atoms with Crippen LogP contribution in [0.2, 0.25) is 10.0 Å². The van der Waals surface area contributed by atoms with Crippen molar-refractivity contribution in [2.75, 3.05) is 17.9 Å². The molecule has 2 amide bonds. The summed E-state index contributed by atoms with van der Waals surface area (Å²) in [5, 5.41) is 3.37. The molecule has 0 bridgehead atoms. The van der Waals surface area contributed by atoms with Gasteiger partial charge in [0.25, 0.3) is 10.0 Å². The van der Waals surface area contributed by atoms with E-state index in [9.17, 15) is 18.0 Å². The number of benzene rings is 3. The second-order valence-electron chi connectivity index (χ2n) is 8.91. The number of nitrogens with zero attached hydrogens (tertiary/aromatic N) is 2. The van der Waals surface area contributed by atoms with E-state index in [4.69, 9.17) is 23.2 Å². The Morgan fingerprint density at radius 2 is 1.66 bits per heavy atom. The lowest BCUT2D eigenvalue weighted by Gasteiger charge is -2.33. The minimum Gasteiger partial charge on any atom is -0.357 e. The van der Waals surface area contributed by atoms with Gasteiger partial charge in [0.1, 0.15) is 12.6 Å². The molecule has 202 valence electrons. The Bertz CT molecular complexity index is 1410. The fourth-order valence-electron chi connectivity index (χ4n) is 4.24. The summed E-state index contributed by atoms with van der Waals surface area (Å²) in [7, 11) is -2.63. The number of carbonyl (C=O) groups excluding carboxylic acids is 2. The van der Waals surface area contributed by atoms with Gasteiger partial charge in [-0.25, -0.2) is 8.42 Å². The molecule has 0 spiro atoms. The molecule has 7 nitrogen and oxygen atoms in total. The van der Waals surface area contributed by atoms with Gasteiger partial charge in [-0.1, -0.05) is 72.1 Å². The van der Waals surface area contributed by atoms with Crippen LogP contribution in [-0.2, 0) is 26.2 Å². The molecule has 3 aromatic carbocycles. The number of rotatable bonds is 10. The maximum Gasteiger partial charge on any atom is 0.264 e. The molecule has 1 N–H and O–H groups in total. The fraction of sp³-hybridized carbons (Fsp3) is 0.286. The summed E-state index contributed by atoms with van der Waals surface area (Å²) in [5.74, 6) is -0.916. The number of amides is 2. The zero-order valence-electron chi connectivity index (χ0n) is 21.7. The van der Waals surface area contributed by atoms with Crippen molar-refractivity contribution in [3.8, 4) is 0 Å². The minimum absolute atomic E-state index is 0.00708. The minimum atomic E-state index is -4.12. The van der Waals surface area contributed by atoms with E-state index in [1.807, 2.05) is 13.0 Å². The molecule has 0 heterocycles. The number of likely N-dealkylation sites (N-methyl/N-ethyl adjacent to an activating group) is 1. The summed E-state index contributed by atoms with van der Waals surface area (Å²) in [6.07, 6.45) is 0.311. The summed E-state index contributed by atoms with van der Waals surface area (Å²) in [6, 6.07) is 17.3. The van der Waals surface area contributed by atoms with Crippen LogP contribution >= 0.6 is 23.2 Å². The van der Waals surface area contributed by atoms with Crippen molar-refractivity contribution in [1.82, 2.24) is 10.2 Å². The van der Waals surface area contributed by atoms with Crippen LogP contribution in [-0.4, -0.2) is 44.8 Å². The van der Waals surface area contributed by atoms with Crippen LogP contribution in [0.25, 0.3) is 0 Å². The molecule has 0 saturated heterocycles. The molecule has 1 atom stereocenters. The summed E-state index contributed by atoms with van der Waals surface area (Å²) < 4.78 is 28.8. The zero-order chi connectivity index (χ0) is 28.0. The highest BCUT2D eigenvalue weighted by Gasteiger charge is 2.34. The maximum absolute atomic E-state index is 14.0. The van der Waals surface area contributed by atoms with Crippen LogP contribution < -0.4 is 9.62 Å². The van der Waals surface area contributed by atoms with Crippen LogP contribution in [0.3, 0.4) is 0 Å². The Morgan fingerprint density at radius 3 is 2.24 bits per heavy atom. The summed E-state index contributed by atoms with van der Waals surface area (Å²) >= 11 is 12.4. The lowest BCUT2D eigenvalue weighted by molar-refractivity contribution is -0.140. The largest absolute Gasteiger partial charge is 0.357 e. The SMILES string of the molecule is CC[C@H](C(=O)NC)N(Cc1ccc(Cl)cc1Cl)C(=O)CN(c1ccc(C)cc1C)S(=O)(=O)c1ccccc1. The third-order valence-electron chi connectivity index (χ3n) is 6.22. The number of nitrogens with one attached hydrogen (secondary N) is 1. The average Bonchev–Trinajstić information content (AvgIpc) is 2.88. The number of hydrogen-bond acceptors (Lipinski definition) is 4. The number of sulfonamides is 1. The summed E-state index contributed by atoms with van der Waals surface area (Å²) in [6.45, 7) is 4.97. The van der Waals surface area contributed by atoms with Gasteiger partial charge in [-0.15, -0.1) is 0 Å². The predicted octanol–water partition coefficient (Wildman–Crippen LogP) is 5.36. The van der Waals surface area contributed by atoms with Crippen molar-refractivity contribution in [2.45, 2.75) is 44.7 Å². The second-order valence-corrected chi connectivity index (χ2v) is 11.6. The Balaban J connectivity index is 2.10. The molecule has 10 heteroatoms. The van der Waals surface area contributed by atoms with Crippen molar-refractivity contribution >= 4 is 50.7 Å². The highest BCUT2D eigenvalue weighted by molar-refractivity contribution is 7.92. The van der Waals surface area contributed by atoms with Crippen LogP contribution in [0.1, 0.15) is 30.0 Å². The van der Waals surface area contributed by atoms with Gasteiger partial charge in [-0.05, 0) is 61.7 Å². The molecule has 0 aliphatic rings. The third-order valence-corrected chi connectivity index (χ3v) is 8.58. The molecule has 0 fully saturated rings. The molecule has 0 aromatic heterocycles. The van der Waals surface area contributed by atoms with E-state index in [0.717, 1.165) is 9.87 Å². The van der Waals surface area contributed by atoms with Crippen molar-refractivity contribution in [1.29, 1.82) is 0 Å². The van der Waals surface area contributed by atoms with Gasteiger partial charge in [-0.2, -0.15) is 0 Å². The molecule has 38 heavy (non-hydrogen) atoms. The summed E-state index contributed by atoms with van der Waals surface area (Å²) in [5.41, 5.74) is 2.61. The fourth-order valence-corrected chi connectivity index (χ4v) is 6.21. The smallest absolute Gasteiger partial charge is 0.264 e.